The minimum absolute atomic E-state index is 0.426. The van der Waals surface area contributed by atoms with E-state index >= 15 is 0 Å². The van der Waals surface area contributed by atoms with Crippen molar-refractivity contribution >= 4 is 15.9 Å². The molecule has 2 nitrogen and oxygen atoms in total. The molecule has 0 saturated carbocycles. The van der Waals surface area contributed by atoms with E-state index in [1.165, 1.54) is 15.6 Å². The van der Waals surface area contributed by atoms with Gasteiger partial charge in [0, 0.05) is 4.47 Å². The quantitative estimate of drug-likeness (QED) is 0.874. The lowest BCUT2D eigenvalue weighted by Crippen LogP contribution is -2.24. The third kappa shape index (κ3) is 3.58. The van der Waals surface area contributed by atoms with Gasteiger partial charge in [0.2, 0.25) is 0 Å². The Morgan fingerprint density at radius 3 is 2.38 bits per heavy atom. The molecule has 0 saturated heterocycles. The fourth-order valence-electron chi connectivity index (χ4n) is 1.84. The second kappa shape index (κ2) is 6.38. The Hall–Kier alpha value is -0.380. The summed E-state index contributed by atoms with van der Waals surface area (Å²) in [7, 11) is 0. The SMILES string of the molecule is Cc1ccc(C(C)CC(CN)CN)cc1Br. The largest absolute Gasteiger partial charge is 0.330 e. The predicted octanol–water partition coefficient (Wildman–Crippen LogP) is 2.78. The second-order valence-corrected chi connectivity index (χ2v) is 5.34. The summed E-state index contributed by atoms with van der Waals surface area (Å²) in [6.07, 6.45) is 1.06. The lowest BCUT2D eigenvalue weighted by molar-refractivity contribution is 0.465. The van der Waals surface area contributed by atoms with Crippen LogP contribution in [0.2, 0.25) is 0 Å². The van der Waals surface area contributed by atoms with E-state index in [2.05, 4.69) is 48.0 Å². The molecule has 1 aromatic rings. The maximum absolute atomic E-state index is 5.67. The van der Waals surface area contributed by atoms with Crippen molar-refractivity contribution in [2.45, 2.75) is 26.2 Å². The molecule has 1 rings (SSSR count). The normalized spacial score (nSPS) is 13.1. The van der Waals surface area contributed by atoms with Crippen molar-refractivity contribution in [3.63, 3.8) is 0 Å². The Balaban J connectivity index is 2.72. The number of nitrogens with two attached hydrogens (primary N) is 2. The van der Waals surface area contributed by atoms with Crippen LogP contribution in [0.4, 0.5) is 0 Å². The van der Waals surface area contributed by atoms with Gasteiger partial charge in [0.1, 0.15) is 0 Å². The lowest BCUT2D eigenvalue weighted by Gasteiger charge is -2.18. The molecule has 0 fully saturated rings. The molecule has 90 valence electrons. The highest BCUT2D eigenvalue weighted by Crippen LogP contribution is 2.26. The molecule has 0 aliphatic heterocycles. The topological polar surface area (TPSA) is 52.0 Å². The maximum atomic E-state index is 5.67. The van der Waals surface area contributed by atoms with Crippen LogP contribution in [0.5, 0.6) is 0 Å². The Bertz CT molecular complexity index is 335. The van der Waals surface area contributed by atoms with Crippen molar-refractivity contribution in [2.24, 2.45) is 17.4 Å². The first-order valence-electron chi connectivity index (χ1n) is 5.74. The van der Waals surface area contributed by atoms with Crippen LogP contribution in [-0.4, -0.2) is 13.1 Å². The number of rotatable bonds is 5. The molecule has 16 heavy (non-hydrogen) atoms. The standard InChI is InChI=1S/C13H21BrN2/c1-9-3-4-12(6-13(9)14)10(2)5-11(7-15)8-16/h3-4,6,10-11H,5,7-8,15-16H2,1-2H3. The molecule has 0 amide bonds. The van der Waals surface area contributed by atoms with E-state index in [1.807, 2.05) is 0 Å². The summed E-state index contributed by atoms with van der Waals surface area (Å²) in [5.41, 5.74) is 14.0. The first-order chi connectivity index (χ1) is 7.58. The number of hydrogen-bond acceptors (Lipinski definition) is 2. The van der Waals surface area contributed by atoms with Crippen LogP contribution in [0.25, 0.3) is 0 Å². The second-order valence-electron chi connectivity index (χ2n) is 4.48. The Morgan fingerprint density at radius 2 is 1.88 bits per heavy atom. The summed E-state index contributed by atoms with van der Waals surface area (Å²) in [6, 6.07) is 6.54. The van der Waals surface area contributed by atoms with E-state index in [1.54, 1.807) is 0 Å². The van der Waals surface area contributed by atoms with Gasteiger partial charge >= 0.3 is 0 Å². The number of hydrogen-bond donors (Lipinski definition) is 2. The van der Waals surface area contributed by atoms with E-state index in [4.69, 9.17) is 11.5 Å². The predicted molar refractivity (Wildman–Crippen MR) is 73.5 cm³/mol. The van der Waals surface area contributed by atoms with Gasteiger partial charge in [-0.3, -0.25) is 0 Å². The smallest absolute Gasteiger partial charge is 0.0207 e. The van der Waals surface area contributed by atoms with Crippen LogP contribution in [0, 0.1) is 12.8 Å². The Labute approximate surface area is 107 Å². The average Bonchev–Trinajstić information content (AvgIpc) is 2.29. The van der Waals surface area contributed by atoms with Gasteiger partial charge in [0.05, 0.1) is 0 Å². The Morgan fingerprint density at radius 1 is 1.25 bits per heavy atom. The first kappa shape index (κ1) is 13.7. The van der Waals surface area contributed by atoms with Gasteiger partial charge in [-0.15, -0.1) is 0 Å². The van der Waals surface area contributed by atoms with Gasteiger partial charge in [0.15, 0.2) is 0 Å². The van der Waals surface area contributed by atoms with Gasteiger partial charge in [0.25, 0.3) is 0 Å². The van der Waals surface area contributed by atoms with Crippen molar-refractivity contribution in [3.05, 3.63) is 33.8 Å². The van der Waals surface area contributed by atoms with Gasteiger partial charge < -0.3 is 11.5 Å². The molecule has 3 heteroatoms. The minimum atomic E-state index is 0.426. The highest BCUT2D eigenvalue weighted by atomic mass is 79.9. The molecule has 0 aromatic heterocycles. The minimum Gasteiger partial charge on any atom is -0.330 e. The summed E-state index contributed by atoms with van der Waals surface area (Å²) in [6.45, 7) is 5.68. The molecule has 0 bridgehead atoms. The molecular weight excluding hydrogens is 264 g/mol. The summed E-state index contributed by atoms with van der Waals surface area (Å²) < 4.78 is 1.17. The zero-order chi connectivity index (χ0) is 12.1. The number of aryl methyl sites for hydroxylation is 1. The molecule has 0 aliphatic rings. The molecule has 4 N–H and O–H groups in total. The molecule has 1 atom stereocenters. The highest BCUT2D eigenvalue weighted by Gasteiger charge is 2.12. The summed E-state index contributed by atoms with van der Waals surface area (Å²) in [5, 5.41) is 0. The fourth-order valence-corrected chi connectivity index (χ4v) is 2.24. The average molecular weight is 285 g/mol. The van der Waals surface area contributed by atoms with Crippen LogP contribution in [0.1, 0.15) is 30.4 Å². The van der Waals surface area contributed by atoms with Crippen molar-refractivity contribution in [3.8, 4) is 0 Å². The number of halogens is 1. The third-order valence-corrected chi connectivity index (χ3v) is 3.97. The molecule has 1 unspecified atom stereocenters. The van der Waals surface area contributed by atoms with Crippen LogP contribution in [0.3, 0.4) is 0 Å². The van der Waals surface area contributed by atoms with E-state index in [0.29, 0.717) is 24.9 Å². The fraction of sp³-hybridized carbons (Fsp3) is 0.538. The van der Waals surface area contributed by atoms with E-state index in [0.717, 1.165) is 6.42 Å². The molecular formula is C13H21BrN2. The molecule has 0 radical (unpaired) electrons. The van der Waals surface area contributed by atoms with Crippen LogP contribution < -0.4 is 11.5 Å². The van der Waals surface area contributed by atoms with Gasteiger partial charge in [-0.1, -0.05) is 35.0 Å². The molecule has 0 aliphatic carbocycles. The van der Waals surface area contributed by atoms with E-state index in [9.17, 15) is 0 Å². The van der Waals surface area contributed by atoms with Crippen molar-refractivity contribution < 1.29 is 0 Å². The molecule has 0 spiro atoms. The van der Waals surface area contributed by atoms with Gasteiger partial charge in [-0.2, -0.15) is 0 Å². The van der Waals surface area contributed by atoms with Crippen LogP contribution in [-0.2, 0) is 0 Å². The summed E-state index contributed by atoms with van der Waals surface area (Å²) in [5.74, 6) is 0.934. The van der Waals surface area contributed by atoms with Crippen molar-refractivity contribution in [1.82, 2.24) is 0 Å². The Kier molecular flexibility index (Phi) is 5.46. The van der Waals surface area contributed by atoms with Crippen LogP contribution >= 0.6 is 15.9 Å². The highest BCUT2D eigenvalue weighted by molar-refractivity contribution is 9.10. The van der Waals surface area contributed by atoms with Crippen LogP contribution in [0.15, 0.2) is 22.7 Å². The molecule has 0 heterocycles. The zero-order valence-electron chi connectivity index (χ0n) is 10.0. The summed E-state index contributed by atoms with van der Waals surface area (Å²) >= 11 is 3.57. The monoisotopic (exact) mass is 284 g/mol. The summed E-state index contributed by atoms with van der Waals surface area (Å²) in [4.78, 5) is 0. The first-order valence-corrected chi connectivity index (χ1v) is 6.54. The van der Waals surface area contributed by atoms with Gasteiger partial charge in [-0.05, 0) is 55.5 Å². The third-order valence-electron chi connectivity index (χ3n) is 3.12. The van der Waals surface area contributed by atoms with Crippen molar-refractivity contribution in [2.75, 3.05) is 13.1 Å². The van der Waals surface area contributed by atoms with E-state index in [-0.39, 0.29) is 0 Å². The lowest BCUT2D eigenvalue weighted by atomic mass is 9.90. The van der Waals surface area contributed by atoms with Gasteiger partial charge in [-0.25, -0.2) is 0 Å². The molecule has 1 aromatic carbocycles. The maximum Gasteiger partial charge on any atom is 0.0207 e. The number of benzene rings is 1. The zero-order valence-corrected chi connectivity index (χ0v) is 11.6. The van der Waals surface area contributed by atoms with Crippen molar-refractivity contribution in [1.29, 1.82) is 0 Å². The van der Waals surface area contributed by atoms with E-state index < -0.39 is 0 Å².